The van der Waals surface area contributed by atoms with E-state index in [-0.39, 0.29) is 18.0 Å². The largest absolute Gasteiger partial charge is 0.381 e. The molecule has 0 atom stereocenters. The van der Waals surface area contributed by atoms with E-state index >= 15 is 0 Å². The van der Waals surface area contributed by atoms with E-state index in [1.807, 2.05) is 24.6 Å². The van der Waals surface area contributed by atoms with E-state index in [2.05, 4.69) is 61.4 Å². The van der Waals surface area contributed by atoms with Gasteiger partial charge in [-0.1, -0.05) is 11.8 Å². The molecule has 13 heteroatoms. The Bertz CT molecular complexity index is 1900. The fourth-order valence-electron chi connectivity index (χ4n) is 6.24. The molecule has 2 fully saturated rings. The van der Waals surface area contributed by atoms with Crippen molar-refractivity contribution >= 4 is 45.3 Å². The predicted octanol–water partition coefficient (Wildman–Crippen LogP) is 3.99. The molecule has 4 aromatic heterocycles. The average Bonchev–Trinajstić information content (AvgIpc) is 3.72. The second kappa shape index (κ2) is 12.5. The van der Waals surface area contributed by atoms with Gasteiger partial charge in [0.15, 0.2) is 0 Å². The minimum atomic E-state index is -0.171. The van der Waals surface area contributed by atoms with Gasteiger partial charge < -0.3 is 20.3 Å². The number of anilines is 3. The minimum absolute atomic E-state index is 0.169. The van der Waals surface area contributed by atoms with E-state index in [1.54, 1.807) is 21.6 Å². The standard InChI is InChI=1S/C32H36N10O2S/c1-20-16-24(4-5-27(20)41-11-8-33-9-12-41)36-32-35-18-23-17-25(21(2)22-6-13-44-14-7-22)31(43)42(29(23)37-32)19-26-28(40(3)39-38-26)30-34-10-15-45-30/h4-5,10,15-18,22,33H,2,6-9,11-14,19H2,1,3H3,(H,35,36,37). The molecule has 0 unspecified atom stereocenters. The summed E-state index contributed by atoms with van der Waals surface area (Å²) in [5.41, 5.74) is 6.41. The summed E-state index contributed by atoms with van der Waals surface area (Å²) in [4.78, 5) is 30.7. The van der Waals surface area contributed by atoms with Gasteiger partial charge in [0, 0.05) is 86.5 Å². The van der Waals surface area contributed by atoms with Gasteiger partial charge >= 0.3 is 0 Å². The number of thiazole rings is 1. The first-order chi connectivity index (χ1) is 22.0. The van der Waals surface area contributed by atoms with Crippen molar-refractivity contribution in [3.05, 3.63) is 75.8 Å². The lowest BCUT2D eigenvalue weighted by Crippen LogP contribution is -2.43. The fourth-order valence-corrected chi connectivity index (χ4v) is 6.98. The first kappa shape index (κ1) is 29.3. The Balaban J connectivity index is 1.28. The number of aryl methyl sites for hydroxylation is 2. The summed E-state index contributed by atoms with van der Waals surface area (Å²) in [6, 6.07) is 8.17. The third-order valence-corrected chi connectivity index (χ3v) is 9.42. The van der Waals surface area contributed by atoms with Crippen LogP contribution in [0.4, 0.5) is 17.3 Å². The summed E-state index contributed by atoms with van der Waals surface area (Å²) in [7, 11) is 1.83. The molecule has 0 aliphatic carbocycles. The Morgan fingerprint density at radius 2 is 2.00 bits per heavy atom. The number of benzene rings is 1. The second-order valence-corrected chi connectivity index (χ2v) is 12.4. The van der Waals surface area contributed by atoms with Crippen molar-refractivity contribution in [2.24, 2.45) is 13.0 Å². The van der Waals surface area contributed by atoms with Crippen molar-refractivity contribution in [1.29, 1.82) is 0 Å². The lowest BCUT2D eigenvalue weighted by Gasteiger charge is -2.30. The van der Waals surface area contributed by atoms with Crippen molar-refractivity contribution < 1.29 is 4.74 Å². The molecule has 2 saturated heterocycles. The van der Waals surface area contributed by atoms with E-state index in [1.165, 1.54) is 22.6 Å². The zero-order valence-corrected chi connectivity index (χ0v) is 26.3. The van der Waals surface area contributed by atoms with E-state index in [0.29, 0.717) is 36.1 Å². The number of allylic oxidation sites excluding steroid dienone is 1. The maximum Gasteiger partial charge on any atom is 0.260 e. The van der Waals surface area contributed by atoms with Crippen LogP contribution in [0.3, 0.4) is 0 Å². The Morgan fingerprint density at radius 1 is 1.18 bits per heavy atom. The van der Waals surface area contributed by atoms with Gasteiger partial charge in [-0.05, 0) is 61.1 Å². The zero-order chi connectivity index (χ0) is 30.9. The normalized spacial score (nSPS) is 15.9. The minimum Gasteiger partial charge on any atom is -0.381 e. The Morgan fingerprint density at radius 3 is 2.76 bits per heavy atom. The van der Waals surface area contributed by atoms with Gasteiger partial charge in [-0.25, -0.2) is 14.6 Å². The number of piperazine rings is 1. The van der Waals surface area contributed by atoms with Crippen molar-refractivity contribution in [3.8, 4) is 10.7 Å². The maximum atomic E-state index is 14.3. The Kier molecular flexibility index (Phi) is 8.13. The van der Waals surface area contributed by atoms with E-state index in [4.69, 9.17) is 9.72 Å². The van der Waals surface area contributed by atoms with Crippen LogP contribution in [0.15, 0.2) is 53.4 Å². The molecule has 0 spiro atoms. The number of nitrogens with one attached hydrogen (secondary N) is 2. The fraction of sp³-hybridized carbons (Fsp3) is 0.375. The van der Waals surface area contributed by atoms with Crippen molar-refractivity contribution in [1.82, 2.24) is 39.8 Å². The van der Waals surface area contributed by atoms with Gasteiger partial charge in [0.2, 0.25) is 5.95 Å². The van der Waals surface area contributed by atoms with Crippen LogP contribution in [-0.4, -0.2) is 73.9 Å². The van der Waals surface area contributed by atoms with E-state index in [9.17, 15) is 4.79 Å². The van der Waals surface area contributed by atoms with Gasteiger partial charge in [0.05, 0.1) is 6.54 Å². The molecule has 7 rings (SSSR count). The summed E-state index contributed by atoms with van der Waals surface area (Å²) >= 11 is 1.50. The number of aromatic nitrogens is 7. The second-order valence-electron chi connectivity index (χ2n) is 11.5. The van der Waals surface area contributed by atoms with Crippen LogP contribution in [0.1, 0.15) is 29.7 Å². The summed E-state index contributed by atoms with van der Waals surface area (Å²) in [6.07, 6.45) is 5.18. The van der Waals surface area contributed by atoms with Gasteiger partial charge in [-0.15, -0.1) is 16.4 Å². The van der Waals surface area contributed by atoms with Crippen molar-refractivity contribution in [2.45, 2.75) is 26.3 Å². The molecule has 0 radical (unpaired) electrons. The summed E-state index contributed by atoms with van der Waals surface area (Å²) in [5, 5.41) is 18.9. The number of rotatable bonds is 8. The Hall–Kier alpha value is -4.46. The van der Waals surface area contributed by atoms with E-state index in [0.717, 1.165) is 66.4 Å². The van der Waals surface area contributed by atoms with Gasteiger partial charge in [-0.3, -0.25) is 9.36 Å². The van der Waals surface area contributed by atoms with Crippen LogP contribution in [0.25, 0.3) is 27.3 Å². The third-order valence-electron chi connectivity index (χ3n) is 8.64. The highest BCUT2D eigenvalue weighted by Gasteiger charge is 2.24. The molecule has 45 heavy (non-hydrogen) atoms. The summed E-state index contributed by atoms with van der Waals surface area (Å²) in [5.74, 6) is 0.578. The molecule has 6 heterocycles. The molecule has 12 nitrogen and oxygen atoms in total. The third kappa shape index (κ3) is 5.86. The zero-order valence-electron chi connectivity index (χ0n) is 25.5. The first-order valence-corrected chi connectivity index (χ1v) is 16.1. The van der Waals surface area contributed by atoms with Gasteiger partial charge in [-0.2, -0.15) is 4.98 Å². The van der Waals surface area contributed by atoms with Crippen LogP contribution < -0.4 is 21.1 Å². The van der Waals surface area contributed by atoms with Crippen LogP contribution >= 0.6 is 11.3 Å². The molecule has 5 aromatic rings. The van der Waals surface area contributed by atoms with Crippen LogP contribution in [0.5, 0.6) is 0 Å². The summed E-state index contributed by atoms with van der Waals surface area (Å²) < 4.78 is 8.93. The highest BCUT2D eigenvalue weighted by molar-refractivity contribution is 7.13. The molecule has 232 valence electrons. The smallest absolute Gasteiger partial charge is 0.260 e. The first-order valence-electron chi connectivity index (χ1n) is 15.3. The van der Waals surface area contributed by atoms with Crippen LogP contribution in [0, 0.1) is 12.8 Å². The van der Waals surface area contributed by atoms with Crippen LogP contribution in [0.2, 0.25) is 0 Å². The number of hydrogen-bond acceptors (Lipinski definition) is 11. The molecule has 1 aromatic carbocycles. The summed E-state index contributed by atoms with van der Waals surface area (Å²) in [6.45, 7) is 11.9. The van der Waals surface area contributed by atoms with Crippen molar-refractivity contribution in [3.63, 3.8) is 0 Å². The molecule has 0 amide bonds. The van der Waals surface area contributed by atoms with Gasteiger partial charge in [0.25, 0.3) is 5.56 Å². The topological polar surface area (TPSA) is 128 Å². The molecular weight excluding hydrogens is 588 g/mol. The number of ether oxygens (including phenoxy) is 1. The number of hydrogen-bond donors (Lipinski definition) is 2. The average molecular weight is 625 g/mol. The SMILES string of the molecule is C=C(c1cc2cnc(Nc3ccc(N4CCNCC4)c(C)c3)nc2n(Cc2nnn(C)c2-c2nccs2)c1=O)C1CCOCC1. The van der Waals surface area contributed by atoms with Gasteiger partial charge in [0.1, 0.15) is 22.0 Å². The Labute approximate surface area is 264 Å². The molecular formula is C32H36N10O2S. The van der Waals surface area contributed by atoms with E-state index < -0.39 is 0 Å². The number of nitrogens with zero attached hydrogens (tertiary/aromatic N) is 8. The highest BCUT2D eigenvalue weighted by atomic mass is 32.1. The molecule has 0 saturated carbocycles. The lowest BCUT2D eigenvalue weighted by atomic mass is 9.88. The maximum absolute atomic E-state index is 14.3. The molecule has 2 aliphatic rings. The quantitative estimate of drug-likeness (QED) is 0.262. The number of fused-ring (bicyclic) bond motifs is 1. The predicted molar refractivity (Wildman–Crippen MR) is 177 cm³/mol. The molecule has 2 aliphatic heterocycles. The molecule has 2 N–H and O–H groups in total. The monoisotopic (exact) mass is 624 g/mol. The number of pyridine rings is 1. The lowest BCUT2D eigenvalue weighted by molar-refractivity contribution is 0.0808. The highest BCUT2D eigenvalue weighted by Crippen LogP contribution is 2.31. The van der Waals surface area contributed by atoms with Crippen LogP contribution in [-0.2, 0) is 18.3 Å². The molecule has 0 bridgehead atoms. The van der Waals surface area contributed by atoms with Crippen molar-refractivity contribution in [2.75, 3.05) is 49.6 Å².